The van der Waals surface area contributed by atoms with Crippen molar-refractivity contribution in [3.8, 4) is 0 Å². The standard InChI is InChI=1S/C9H19NO/c1-3-9-5-4-6-10(9)7-8-11-2/h9H,3-8H2,1-2H3. The summed E-state index contributed by atoms with van der Waals surface area (Å²) in [6.07, 6.45) is 4.06. The molecular formula is C9H19NO. The molecule has 11 heavy (non-hydrogen) atoms. The molecule has 0 spiro atoms. The number of methoxy groups -OCH3 is 1. The van der Waals surface area contributed by atoms with Gasteiger partial charge in [-0.2, -0.15) is 0 Å². The molecule has 0 aromatic carbocycles. The number of hydrogen-bond donors (Lipinski definition) is 0. The van der Waals surface area contributed by atoms with Gasteiger partial charge in [-0.05, 0) is 25.8 Å². The van der Waals surface area contributed by atoms with Crippen LogP contribution >= 0.6 is 0 Å². The molecule has 1 fully saturated rings. The summed E-state index contributed by atoms with van der Waals surface area (Å²) in [6, 6.07) is 0.838. The maximum Gasteiger partial charge on any atom is 0.0589 e. The van der Waals surface area contributed by atoms with Crippen LogP contribution in [0.1, 0.15) is 26.2 Å². The second-order valence-electron chi connectivity index (χ2n) is 3.23. The molecule has 1 aliphatic rings. The van der Waals surface area contributed by atoms with Crippen molar-refractivity contribution in [1.82, 2.24) is 4.90 Å². The summed E-state index contributed by atoms with van der Waals surface area (Å²) < 4.78 is 5.05. The Kier molecular flexibility index (Phi) is 3.87. The van der Waals surface area contributed by atoms with Gasteiger partial charge in [-0.1, -0.05) is 6.92 Å². The maximum atomic E-state index is 5.05. The molecule has 1 aliphatic heterocycles. The van der Waals surface area contributed by atoms with E-state index in [1.165, 1.54) is 25.8 Å². The third-order valence-electron chi connectivity index (χ3n) is 2.55. The van der Waals surface area contributed by atoms with Gasteiger partial charge in [0.1, 0.15) is 0 Å². The van der Waals surface area contributed by atoms with E-state index < -0.39 is 0 Å². The van der Waals surface area contributed by atoms with Crippen molar-refractivity contribution in [2.45, 2.75) is 32.2 Å². The van der Waals surface area contributed by atoms with E-state index in [-0.39, 0.29) is 0 Å². The van der Waals surface area contributed by atoms with Crippen LogP contribution in [0.15, 0.2) is 0 Å². The van der Waals surface area contributed by atoms with Crippen LogP contribution in [0.3, 0.4) is 0 Å². The molecule has 0 amide bonds. The van der Waals surface area contributed by atoms with Gasteiger partial charge in [0.25, 0.3) is 0 Å². The lowest BCUT2D eigenvalue weighted by Crippen LogP contribution is -2.31. The first kappa shape index (κ1) is 9.01. The summed E-state index contributed by atoms with van der Waals surface area (Å²) in [5.41, 5.74) is 0. The van der Waals surface area contributed by atoms with Crippen molar-refractivity contribution in [1.29, 1.82) is 0 Å². The van der Waals surface area contributed by atoms with E-state index in [1.807, 2.05) is 0 Å². The predicted molar refractivity (Wildman–Crippen MR) is 46.8 cm³/mol. The van der Waals surface area contributed by atoms with E-state index in [9.17, 15) is 0 Å². The van der Waals surface area contributed by atoms with Crippen molar-refractivity contribution in [2.75, 3.05) is 26.8 Å². The summed E-state index contributed by atoms with van der Waals surface area (Å²) in [7, 11) is 1.77. The highest BCUT2D eigenvalue weighted by atomic mass is 16.5. The number of ether oxygens (including phenoxy) is 1. The second-order valence-corrected chi connectivity index (χ2v) is 3.23. The number of rotatable bonds is 4. The Hall–Kier alpha value is -0.0800. The van der Waals surface area contributed by atoms with E-state index in [0.717, 1.165) is 19.2 Å². The van der Waals surface area contributed by atoms with Gasteiger partial charge in [0.15, 0.2) is 0 Å². The highest BCUT2D eigenvalue weighted by Crippen LogP contribution is 2.18. The van der Waals surface area contributed by atoms with Crippen LogP contribution < -0.4 is 0 Å². The van der Waals surface area contributed by atoms with Gasteiger partial charge in [-0.25, -0.2) is 0 Å². The number of nitrogens with zero attached hydrogens (tertiary/aromatic N) is 1. The Morgan fingerprint density at radius 1 is 1.55 bits per heavy atom. The number of hydrogen-bond acceptors (Lipinski definition) is 2. The van der Waals surface area contributed by atoms with Crippen LogP contribution in [0.4, 0.5) is 0 Å². The molecule has 1 saturated heterocycles. The van der Waals surface area contributed by atoms with Gasteiger partial charge >= 0.3 is 0 Å². The first-order valence-electron chi connectivity index (χ1n) is 4.61. The third-order valence-corrected chi connectivity index (χ3v) is 2.55. The first-order chi connectivity index (χ1) is 5.38. The lowest BCUT2D eigenvalue weighted by Gasteiger charge is -2.22. The molecular weight excluding hydrogens is 138 g/mol. The summed E-state index contributed by atoms with van der Waals surface area (Å²) in [6.45, 7) is 5.56. The highest BCUT2D eigenvalue weighted by molar-refractivity contribution is 4.77. The van der Waals surface area contributed by atoms with Crippen LogP contribution in [0.5, 0.6) is 0 Å². The van der Waals surface area contributed by atoms with Crippen molar-refractivity contribution in [3.05, 3.63) is 0 Å². The Balaban J connectivity index is 2.20. The largest absolute Gasteiger partial charge is 0.383 e. The highest BCUT2D eigenvalue weighted by Gasteiger charge is 2.21. The second kappa shape index (κ2) is 4.73. The van der Waals surface area contributed by atoms with Gasteiger partial charge in [0, 0.05) is 19.7 Å². The normalized spacial score (nSPS) is 26.2. The molecule has 0 N–H and O–H groups in total. The Labute approximate surface area is 69.5 Å². The molecule has 1 heterocycles. The first-order valence-corrected chi connectivity index (χ1v) is 4.61. The van der Waals surface area contributed by atoms with Crippen LogP contribution in [0.25, 0.3) is 0 Å². The van der Waals surface area contributed by atoms with Gasteiger partial charge in [0.2, 0.25) is 0 Å². The molecule has 2 heteroatoms. The minimum Gasteiger partial charge on any atom is -0.383 e. The molecule has 0 saturated carbocycles. The third kappa shape index (κ3) is 2.46. The summed E-state index contributed by atoms with van der Waals surface area (Å²) >= 11 is 0. The average Bonchev–Trinajstić information content (AvgIpc) is 2.47. The monoisotopic (exact) mass is 157 g/mol. The summed E-state index contributed by atoms with van der Waals surface area (Å²) in [5, 5.41) is 0. The zero-order valence-corrected chi connectivity index (χ0v) is 7.68. The van der Waals surface area contributed by atoms with Gasteiger partial charge < -0.3 is 4.74 Å². The van der Waals surface area contributed by atoms with Crippen LogP contribution in [-0.4, -0.2) is 37.7 Å². The van der Waals surface area contributed by atoms with Crippen molar-refractivity contribution < 1.29 is 4.74 Å². The molecule has 0 aromatic rings. The van der Waals surface area contributed by atoms with Crippen LogP contribution in [-0.2, 0) is 4.74 Å². The molecule has 66 valence electrons. The fourth-order valence-corrected chi connectivity index (χ4v) is 1.86. The van der Waals surface area contributed by atoms with Gasteiger partial charge in [0.05, 0.1) is 6.61 Å². The minimum absolute atomic E-state index is 0.838. The molecule has 1 unspecified atom stereocenters. The molecule has 0 aliphatic carbocycles. The molecule has 1 atom stereocenters. The Morgan fingerprint density at radius 3 is 3.00 bits per heavy atom. The fourth-order valence-electron chi connectivity index (χ4n) is 1.86. The molecule has 1 rings (SSSR count). The zero-order valence-electron chi connectivity index (χ0n) is 7.68. The van der Waals surface area contributed by atoms with E-state index in [1.54, 1.807) is 7.11 Å². The van der Waals surface area contributed by atoms with Crippen molar-refractivity contribution in [3.63, 3.8) is 0 Å². The van der Waals surface area contributed by atoms with E-state index in [2.05, 4.69) is 11.8 Å². The summed E-state index contributed by atoms with van der Waals surface area (Å²) in [5.74, 6) is 0. The average molecular weight is 157 g/mol. The van der Waals surface area contributed by atoms with Gasteiger partial charge in [-0.3, -0.25) is 4.90 Å². The SMILES string of the molecule is CCC1CCCN1CCOC. The molecule has 0 bridgehead atoms. The van der Waals surface area contributed by atoms with Crippen LogP contribution in [0.2, 0.25) is 0 Å². The topological polar surface area (TPSA) is 12.5 Å². The summed E-state index contributed by atoms with van der Waals surface area (Å²) in [4.78, 5) is 2.55. The smallest absolute Gasteiger partial charge is 0.0589 e. The van der Waals surface area contributed by atoms with Gasteiger partial charge in [-0.15, -0.1) is 0 Å². The quantitative estimate of drug-likeness (QED) is 0.613. The lowest BCUT2D eigenvalue weighted by molar-refractivity contribution is 0.140. The molecule has 0 aromatic heterocycles. The Bertz CT molecular complexity index is 106. The maximum absolute atomic E-state index is 5.05. The van der Waals surface area contributed by atoms with Crippen molar-refractivity contribution in [2.24, 2.45) is 0 Å². The molecule has 0 radical (unpaired) electrons. The van der Waals surface area contributed by atoms with Crippen molar-refractivity contribution >= 4 is 0 Å². The lowest BCUT2D eigenvalue weighted by atomic mass is 10.2. The minimum atomic E-state index is 0.838. The van der Waals surface area contributed by atoms with Crippen LogP contribution in [0, 0.1) is 0 Å². The predicted octanol–water partition coefficient (Wildman–Crippen LogP) is 1.51. The zero-order chi connectivity index (χ0) is 8.10. The van der Waals surface area contributed by atoms with E-state index in [4.69, 9.17) is 4.74 Å². The number of likely N-dealkylation sites (tertiary alicyclic amines) is 1. The fraction of sp³-hybridized carbons (Fsp3) is 1.00. The van der Waals surface area contributed by atoms with E-state index >= 15 is 0 Å². The molecule has 2 nitrogen and oxygen atoms in total. The Morgan fingerprint density at radius 2 is 2.36 bits per heavy atom. The van der Waals surface area contributed by atoms with E-state index in [0.29, 0.717) is 0 Å².